The lowest BCUT2D eigenvalue weighted by molar-refractivity contribution is -0.159. The number of carboxylic acid groups (broad SMARTS) is 1. The first-order valence-electron chi connectivity index (χ1n) is 6.94. The summed E-state index contributed by atoms with van der Waals surface area (Å²) >= 11 is 0. The molecule has 6 heteroatoms. The standard InChI is InChI=1S/C15H19NO5/c1-2-20-12-5-3-11(4-6-12)9-14(17)16-7-8-21-13(10-16)15(18)19/h3-6,13H,2,7-10H2,1H3,(H,18,19). The van der Waals surface area contributed by atoms with Crippen molar-refractivity contribution in [3.8, 4) is 5.75 Å². The van der Waals surface area contributed by atoms with Gasteiger partial charge < -0.3 is 19.5 Å². The third kappa shape index (κ3) is 4.19. The van der Waals surface area contributed by atoms with Gasteiger partial charge in [0.15, 0.2) is 6.10 Å². The fraction of sp³-hybridized carbons (Fsp3) is 0.467. The second kappa shape index (κ2) is 7.08. The Balaban J connectivity index is 1.92. The third-order valence-corrected chi connectivity index (χ3v) is 3.28. The van der Waals surface area contributed by atoms with Gasteiger partial charge in [0.25, 0.3) is 0 Å². The van der Waals surface area contributed by atoms with E-state index in [4.69, 9.17) is 14.6 Å². The summed E-state index contributed by atoms with van der Waals surface area (Å²) in [6.45, 7) is 3.30. The van der Waals surface area contributed by atoms with Crippen molar-refractivity contribution < 1.29 is 24.2 Å². The van der Waals surface area contributed by atoms with E-state index in [9.17, 15) is 9.59 Å². The van der Waals surface area contributed by atoms with E-state index in [0.717, 1.165) is 11.3 Å². The molecule has 21 heavy (non-hydrogen) atoms. The predicted octanol–water partition coefficient (Wildman–Crippen LogP) is 0.940. The molecular formula is C15H19NO5. The number of rotatable bonds is 5. The molecule has 1 atom stereocenters. The van der Waals surface area contributed by atoms with Gasteiger partial charge >= 0.3 is 5.97 Å². The normalized spacial score (nSPS) is 18.3. The molecule has 1 aromatic rings. The molecular weight excluding hydrogens is 274 g/mol. The van der Waals surface area contributed by atoms with E-state index in [-0.39, 0.29) is 25.5 Å². The van der Waals surface area contributed by atoms with Crippen LogP contribution in [0.4, 0.5) is 0 Å². The molecule has 6 nitrogen and oxygen atoms in total. The lowest BCUT2D eigenvalue weighted by Crippen LogP contribution is -2.49. The van der Waals surface area contributed by atoms with E-state index in [1.54, 1.807) is 4.90 Å². The zero-order chi connectivity index (χ0) is 15.2. The Bertz CT molecular complexity index is 499. The molecule has 0 bridgehead atoms. The summed E-state index contributed by atoms with van der Waals surface area (Å²) in [5.74, 6) is -0.353. The number of ether oxygens (including phenoxy) is 2. The summed E-state index contributed by atoms with van der Waals surface area (Å²) in [6, 6.07) is 7.34. The molecule has 0 saturated carbocycles. The number of amides is 1. The van der Waals surface area contributed by atoms with Crippen LogP contribution in [0.1, 0.15) is 12.5 Å². The Morgan fingerprint density at radius 3 is 2.71 bits per heavy atom. The number of hydrogen-bond acceptors (Lipinski definition) is 4. The molecule has 0 aliphatic carbocycles. The van der Waals surface area contributed by atoms with Gasteiger partial charge in [-0.2, -0.15) is 0 Å². The first kappa shape index (κ1) is 15.3. The average Bonchev–Trinajstić information content (AvgIpc) is 2.49. The topological polar surface area (TPSA) is 76.1 Å². The van der Waals surface area contributed by atoms with Crippen LogP contribution >= 0.6 is 0 Å². The van der Waals surface area contributed by atoms with Crippen molar-refractivity contribution >= 4 is 11.9 Å². The Hall–Kier alpha value is -2.08. The van der Waals surface area contributed by atoms with Crippen LogP contribution in [-0.2, 0) is 20.7 Å². The minimum Gasteiger partial charge on any atom is -0.494 e. The average molecular weight is 293 g/mol. The number of morpholine rings is 1. The Kier molecular flexibility index (Phi) is 5.16. The van der Waals surface area contributed by atoms with Crippen LogP contribution in [0.3, 0.4) is 0 Å². The highest BCUT2D eigenvalue weighted by Gasteiger charge is 2.28. The minimum atomic E-state index is -1.03. The van der Waals surface area contributed by atoms with Gasteiger partial charge in [-0.05, 0) is 24.6 Å². The first-order valence-corrected chi connectivity index (χ1v) is 6.94. The lowest BCUT2D eigenvalue weighted by atomic mass is 10.1. The maximum Gasteiger partial charge on any atom is 0.334 e. The molecule has 1 aliphatic heterocycles. The van der Waals surface area contributed by atoms with Gasteiger partial charge in [0.05, 0.1) is 26.2 Å². The second-order valence-electron chi connectivity index (χ2n) is 4.79. The van der Waals surface area contributed by atoms with Crippen molar-refractivity contribution in [2.24, 2.45) is 0 Å². The van der Waals surface area contributed by atoms with E-state index in [2.05, 4.69) is 0 Å². The van der Waals surface area contributed by atoms with Gasteiger partial charge in [-0.15, -0.1) is 0 Å². The molecule has 1 aliphatic rings. The molecule has 114 valence electrons. The Morgan fingerprint density at radius 1 is 1.38 bits per heavy atom. The van der Waals surface area contributed by atoms with Crippen LogP contribution in [0.25, 0.3) is 0 Å². The van der Waals surface area contributed by atoms with Crippen LogP contribution in [0.2, 0.25) is 0 Å². The number of carboxylic acids is 1. The maximum atomic E-state index is 12.2. The Labute approximate surface area is 123 Å². The van der Waals surface area contributed by atoms with Gasteiger partial charge in [0.2, 0.25) is 5.91 Å². The largest absolute Gasteiger partial charge is 0.494 e. The predicted molar refractivity (Wildman–Crippen MR) is 75.3 cm³/mol. The van der Waals surface area contributed by atoms with Crippen LogP contribution in [0, 0.1) is 0 Å². The highest BCUT2D eigenvalue weighted by molar-refractivity contribution is 5.80. The van der Waals surface area contributed by atoms with Crippen LogP contribution in [-0.4, -0.2) is 54.3 Å². The molecule has 1 unspecified atom stereocenters. The smallest absolute Gasteiger partial charge is 0.334 e. The van der Waals surface area contributed by atoms with Crippen molar-refractivity contribution in [1.29, 1.82) is 0 Å². The van der Waals surface area contributed by atoms with Gasteiger partial charge in [0, 0.05) is 6.54 Å². The molecule has 1 saturated heterocycles. The van der Waals surface area contributed by atoms with Crippen LogP contribution in [0.5, 0.6) is 5.75 Å². The molecule has 1 N–H and O–H groups in total. The first-order chi connectivity index (χ1) is 10.1. The molecule has 2 rings (SSSR count). The molecule has 0 radical (unpaired) electrons. The number of carbonyl (C=O) groups excluding carboxylic acids is 1. The Morgan fingerprint density at radius 2 is 2.10 bits per heavy atom. The fourth-order valence-electron chi connectivity index (χ4n) is 2.18. The third-order valence-electron chi connectivity index (χ3n) is 3.28. The van der Waals surface area contributed by atoms with Gasteiger partial charge in [-0.1, -0.05) is 12.1 Å². The highest BCUT2D eigenvalue weighted by Crippen LogP contribution is 2.14. The summed E-state index contributed by atoms with van der Waals surface area (Å²) in [5.41, 5.74) is 0.877. The van der Waals surface area contributed by atoms with Gasteiger partial charge in [-0.3, -0.25) is 4.79 Å². The maximum absolute atomic E-state index is 12.2. The molecule has 1 fully saturated rings. The van der Waals surface area contributed by atoms with Gasteiger partial charge in [0.1, 0.15) is 5.75 Å². The number of hydrogen-bond donors (Lipinski definition) is 1. The van der Waals surface area contributed by atoms with Crippen molar-refractivity contribution in [3.63, 3.8) is 0 Å². The zero-order valence-electron chi connectivity index (χ0n) is 11.9. The van der Waals surface area contributed by atoms with E-state index >= 15 is 0 Å². The number of aliphatic carboxylic acids is 1. The zero-order valence-corrected chi connectivity index (χ0v) is 11.9. The SMILES string of the molecule is CCOc1ccc(CC(=O)N2CCOC(C(=O)O)C2)cc1. The van der Waals surface area contributed by atoms with E-state index in [0.29, 0.717) is 13.2 Å². The second-order valence-corrected chi connectivity index (χ2v) is 4.79. The van der Waals surface area contributed by atoms with Crippen molar-refractivity contribution in [2.45, 2.75) is 19.4 Å². The highest BCUT2D eigenvalue weighted by atomic mass is 16.5. The molecule has 0 aromatic heterocycles. The molecule has 1 amide bonds. The number of carbonyl (C=O) groups is 2. The van der Waals surface area contributed by atoms with E-state index in [1.165, 1.54) is 0 Å². The summed E-state index contributed by atoms with van der Waals surface area (Å²) in [7, 11) is 0. The molecule has 0 spiro atoms. The summed E-state index contributed by atoms with van der Waals surface area (Å²) in [4.78, 5) is 24.6. The lowest BCUT2D eigenvalue weighted by Gasteiger charge is -2.31. The van der Waals surface area contributed by atoms with Crippen LogP contribution < -0.4 is 4.74 Å². The van der Waals surface area contributed by atoms with E-state index < -0.39 is 12.1 Å². The number of benzene rings is 1. The van der Waals surface area contributed by atoms with Crippen molar-refractivity contribution in [2.75, 3.05) is 26.3 Å². The molecule has 1 aromatic carbocycles. The summed E-state index contributed by atoms with van der Waals surface area (Å²) in [5, 5.41) is 8.93. The fourth-order valence-corrected chi connectivity index (χ4v) is 2.18. The molecule has 1 heterocycles. The minimum absolute atomic E-state index is 0.0892. The monoisotopic (exact) mass is 293 g/mol. The van der Waals surface area contributed by atoms with Crippen molar-refractivity contribution in [1.82, 2.24) is 4.90 Å². The van der Waals surface area contributed by atoms with Crippen molar-refractivity contribution in [3.05, 3.63) is 29.8 Å². The van der Waals surface area contributed by atoms with E-state index in [1.807, 2.05) is 31.2 Å². The summed E-state index contributed by atoms with van der Waals surface area (Å²) < 4.78 is 10.4. The summed E-state index contributed by atoms with van der Waals surface area (Å²) in [6.07, 6.45) is -0.679. The van der Waals surface area contributed by atoms with Crippen LogP contribution in [0.15, 0.2) is 24.3 Å². The number of nitrogens with zero attached hydrogens (tertiary/aromatic N) is 1. The van der Waals surface area contributed by atoms with Gasteiger partial charge in [-0.25, -0.2) is 4.79 Å². The quantitative estimate of drug-likeness (QED) is 0.874.